The van der Waals surface area contributed by atoms with Crippen molar-refractivity contribution in [2.75, 3.05) is 6.26 Å². The monoisotopic (exact) mass is 477 g/mol. The topological polar surface area (TPSA) is 102 Å². The second-order valence-corrected chi connectivity index (χ2v) is 10.6. The number of benzene rings is 2. The normalized spacial score (nSPS) is 13.1. The van der Waals surface area contributed by atoms with E-state index in [4.69, 9.17) is 20.0 Å². The van der Waals surface area contributed by atoms with Crippen LogP contribution in [0.15, 0.2) is 53.4 Å². The number of carboxylic acid groups (broad SMARTS) is 1. The maximum atomic E-state index is 12.7. The third-order valence-corrected chi connectivity index (χ3v) is 6.89. The Kier molecular flexibility index (Phi) is 8.27. The van der Waals surface area contributed by atoms with Gasteiger partial charge in [-0.1, -0.05) is 11.6 Å². The maximum absolute atomic E-state index is 12.7. The first-order chi connectivity index (χ1) is 13.5. The first-order valence-corrected chi connectivity index (χ1v) is 12.0. The molecule has 0 amide bonds. The zero-order chi connectivity index (χ0) is 21.7. The van der Waals surface area contributed by atoms with Crippen LogP contribution in [0.4, 0.5) is 0 Å². The molecule has 0 aromatic heterocycles. The molecule has 7 nitrogen and oxygen atoms in total. The van der Waals surface area contributed by atoms with Crippen LogP contribution in [0.1, 0.15) is 13.8 Å². The Morgan fingerprint density at radius 1 is 1.10 bits per heavy atom. The van der Waals surface area contributed by atoms with E-state index in [1.807, 2.05) is 0 Å². The van der Waals surface area contributed by atoms with Crippen molar-refractivity contribution in [2.24, 2.45) is 0 Å². The molecule has 0 bridgehead atoms. The molecule has 0 saturated heterocycles. The number of nitrogens with one attached hydrogen (secondary N) is 1. The third kappa shape index (κ3) is 6.80. The van der Waals surface area contributed by atoms with E-state index in [1.165, 1.54) is 24.3 Å². The van der Waals surface area contributed by atoms with E-state index in [0.29, 0.717) is 16.5 Å². The number of ether oxygens (including phenoxy) is 1. The van der Waals surface area contributed by atoms with Crippen molar-refractivity contribution in [1.82, 2.24) is 4.72 Å². The van der Waals surface area contributed by atoms with Crippen molar-refractivity contribution < 1.29 is 26.7 Å². The largest absolute Gasteiger partial charge is 0.480 e. The van der Waals surface area contributed by atoms with Gasteiger partial charge in [0.15, 0.2) is 0 Å². The molecule has 0 aliphatic carbocycles. The van der Waals surface area contributed by atoms with E-state index in [0.717, 1.165) is 24.1 Å². The number of halogens is 1. The Bertz CT molecular complexity index is 933. The molecular formula is C18H20ClNO6S3. The molecule has 0 unspecified atom stereocenters. The lowest BCUT2D eigenvalue weighted by Crippen LogP contribution is -2.52. The Morgan fingerprint density at radius 2 is 1.62 bits per heavy atom. The van der Waals surface area contributed by atoms with Gasteiger partial charge in [-0.15, -0.1) is 0 Å². The highest BCUT2D eigenvalue weighted by atomic mass is 35.5. The van der Waals surface area contributed by atoms with Gasteiger partial charge in [-0.2, -0.15) is 4.72 Å². The highest BCUT2D eigenvalue weighted by molar-refractivity contribution is 8.08. The van der Waals surface area contributed by atoms with Gasteiger partial charge >= 0.3 is 5.97 Å². The summed E-state index contributed by atoms with van der Waals surface area (Å²) in [6, 6.07) is 10.9. The van der Waals surface area contributed by atoms with Gasteiger partial charge in [-0.3, -0.25) is 4.79 Å². The summed E-state index contributed by atoms with van der Waals surface area (Å²) in [7, 11) is -4.09. The summed E-state index contributed by atoms with van der Waals surface area (Å²) in [4.78, 5) is 11.6. The third-order valence-electron chi connectivity index (χ3n) is 3.72. The smallest absolute Gasteiger partial charge is 0.323 e. The van der Waals surface area contributed by atoms with Crippen molar-refractivity contribution in [3.63, 3.8) is 0 Å². The minimum absolute atomic E-state index is 0.0845. The minimum Gasteiger partial charge on any atom is -0.480 e. The lowest BCUT2D eigenvalue weighted by atomic mass is 10.1. The van der Waals surface area contributed by atoms with Gasteiger partial charge < -0.3 is 9.84 Å². The Morgan fingerprint density at radius 3 is 2.10 bits per heavy atom. The van der Waals surface area contributed by atoms with Crippen LogP contribution in [0, 0.1) is 0 Å². The van der Waals surface area contributed by atoms with E-state index >= 15 is 0 Å². The van der Waals surface area contributed by atoms with Gasteiger partial charge in [0.1, 0.15) is 17.5 Å². The minimum atomic E-state index is -4.09. The number of aliphatic carboxylic acids is 1. The fourth-order valence-electron chi connectivity index (χ4n) is 2.21. The highest BCUT2D eigenvalue weighted by Crippen LogP contribution is 2.33. The number of hydrogen-bond donors (Lipinski definition) is 2. The van der Waals surface area contributed by atoms with Crippen LogP contribution in [0.2, 0.25) is 5.02 Å². The lowest BCUT2D eigenvalue weighted by Gasteiger charge is -2.29. The molecule has 2 N–H and O–H groups in total. The average Bonchev–Trinajstić information content (AvgIpc) is 2.66. The fourth-order valence-corrected chi connectivity index (χ4v) is 4.97. The predicted octanol–water partition coefficient (Wildman–Crippen LogP) is 4.59. The molecule has 11 heteroatoms. The number of hydrogen-bond acceptors (Lipinski definition) is 7. The summed E-state index contributed by atoms with van der Waals surface area (Å²) in [6.07, 6.45) is 1.68. The van der Waals surface area contributed by atoms with Crippen molar-refractivity contribution in [2.45, 2.75) is 29.5 Å². The standard InChI is InChI=1S/C18H20ClNO6S3/c1-18(2,28-26-27-3)16(17(21)22)20-29(23,24)15-10-8-14(9-11-15)25-13-6-4-12(19)5-7-13/h4-11,16,20H,1-3H3,(H,21,22)/t16-/m0/s1. The van der Waals surface area contributed by atoms with Gasteiger partial charge in [0.05, 0.1) is 9.64 Å². The van der Waals surface area contributed by atoms with Crippen LogP contribution in [-0.2, 0) is 18.4 Å². The van der Waals surface area contributed by atoms with Crippen molar-refractivity contribution in [3.05, 3.63) is 53.6 Å². The van der Waals surface area contributed by atoms with Crippen LogP contribution in [0.3, 0.4) is 0 Å². The maximum Gasteiger partial charge on any atom is 0.323 e. The van der Waals surface area contributed by atoms with E-state index < -0.39 is 26.8 Å². The second kappa shape index (κ2) is 10.1. The van der Waals surface area contributed by atoms with Crippen LogP contribution in [0.25, 0.3) is 0 Å². The first kappa shape index (κ1) is 23.8. The molecule has 0 spiro atoms. The molecule has 1 atom stereocenters. The predicted molar refractivity (Wildman–Crippen MR) is 116 cm³/mol. The number of rotatable bonds is 10. The zero-order valence-electron chi connectivity index (χ0n) is 15.8. The summed E-state index contributed by atoms with van der Waals surface area (Å²) in [5.41, 5.74) is 0. The molecular weight excluding hydrogens is 458 g/mol. The van der Waals surface area contributed by atoms with Crippen LogP contribution in [0.5, 0.6) is 11.5 Å². The molecule has 0 heterocycles. The quantitative estimate of drug-likeness (QED) is 0.479. The molecule has 2 aromatic carbocycles. The van der Waals surface area contributed by atoms with E-state index in [1.54, 1.807) is 44.4 Å². The Balaban J connectivity index is 2.16. The Labute approximate surface area is 183 Å². The number of sulfonamides is 1. The summed E-state index contributed by atoms with van der Waals surface area (Å²) in [5, 5.41) is 10.1. The molecule has 0 fully saturated rings. The van der Waals surface area contributed by atoms with Crippen LogP contribution < -0.4 is 9.46 Å². The number of carbonyl (C=O) groups is 1. The highest BCUT2D eigenvalue weighted by Gasteiger charge is 2.40. The molecule has 158 valence electrons. The van der Waals surface area contributed by atoms with Gasteiger partial charge in [0.25, 0.3) is 0 Å². The second-order valence-electron chi connectivity index (χ2n) is 6.34. The van der Waals surface area contributed by atoms with E-state index in [2.05, 4.69) is 4.72 Å². The fraction of sp³-hybridized carbons (Fsp3) is 0.278. The summed E-state index contributed by atoms with van der Waals surface area (Å²) in [5.74, 6) is -0.342. The molecule has 0 aliphatic heterocycles. The van der Waals surface area contributed by atoms with Gasteiger partial charge in [0.2, 0.25) is 10.0 Å². The summed E-state index contributed by atoms with van der Waals surface area (Å²) >= 11 is 7.76. The average molecular weight is 478 g/mol. The SMILES string of the molecule is CSOSC(C)(C)[C@@H](NS(=O)(=O)c1ccc(Oc2ccc(Cl)cc2)cc1)C(=O)O. The summed E-state index contributed by atoms with van der Waals surface area (Å²) < 4.78 is 37.3. The Hall–Kier alpha value is -1.43. The molecule has 0 radical (unpaired) electrons. The van der Waals surface area contributed by atoms with E-state index in [-0.39, 0.29) is 4.90 Å². The lowest BCUT2D eigenvalue weighted by molar-refractivity contribution is -0.139. The van der Waals surface area contributed by atoms with Crippen molar-refractivity contribution in [1.29, 1.82) is 0 Å². The molecule has 2 aromatic rings. The van der Waals surface area contributed by atoms with E-state index in [9.17, 15) is 18.3 Å². The molecule has 0 saturated carbocycles. The molecule has 0 aliphatic rings. The summed E-state index contributed by atoms with van der Waals surface area (Å²) in [6.45, 7) is 3.16. The zero-order valence-corrected chi connectivity index (χ0v) is 19.0. The van der Waals surface area contributed by atoms with Gasteiger partial charge in [0, 0.05) is 35.4 Å². The van der Waals surface area contributed by atoms with Crippen LogP contribution in [-0.4, -0.2) is 36.5 Å². The van der Waals surface area contributed by atoms with Gasteiger partial charge in [-0.25, -0.2) is 12.0 Å². The number of carboxylic acids is 1. The van der Waals surface area contributed by atoms with Crippen LogP contribution >= 0.6 is 35.7 Å². The molecule has 2 rings (SSSR count). The van der Waals surface area contributed by atoms with Gasteiger partial charge in [-0.05, 0) is 62.4 Å². The van der Waals surface area contributed by atoms with Crippen molar-refractivity contribution >= 4 is 51.7 Å². The van der Waals surface area contributed by atoms with Crippen molar-refractivity contribution in [3.8, 4) is 11.5 Å². The first-order valence-electron chi connectivity index (χ1n) is 8.22. The molecule has 29 heavy (non-hydrogen) atoms.